The number of carbonyl (C=O) groups is 2. The van der Waals surface area contributed by atoms with Crippen molar-refractivity contribution in [2.45, 2.75) is 6.42 Å². The van der Waals surface area contributed by atoms with E-state index in [0.29, 0.717) is 0 Å². The second-order valence-electron chi connectivity index (χ2n) is 4.46. The van der Waals surface area contributed by atoms with Crippen LogP contribution in [-0.2, 0) is 16.0 Å². The van der Waals surface area contributed by atoms with Gasteiger partial charge in [-0.3, -0.25) is 9.78 Å². The molecule has 1 aromatic carbocycles. The van der Waals surface area contributed by atoms with Gasteiger partial charge in [0, 0.05) is 17.3 Å². The number of pyridine rings is 1. The molecule has 0 atom stereocenters. The summed E-state index contributed by atoms with van der Waals surface area (Å²) in [5.74, 6) is -0.967. The van der Waals surface area contributed by atoms with E-state index < -0.39 is 5.97 Å². The van der Waals surface area contributed by atoms with Crippen molar-refractivity contribution in [1.29, 1.82) is 0 Å². The van der Waals surface area contributed by atoms with Crippen molar-refractivity contribution in [3.63, 3.8) is 0 Å². The maximum Gasteiger partial charge on any atom is 0.338 e. The molecule has 8 heteroatoms. The summed E-state index contributed by atoms with van der Waals surface area (Å²) in [6.07, 6.45) is 3.30. The minimum absolute atomic E-state index is 0.0185. The molecular formula is C15H13N5O3. The second-order valence-corrected chi connectivity index (χ2v) is 4.46. The molecule has 0 spiro atoms. The number of aromatic nitrogens is 1. The Morgan fingerprint density at radius 3 is 2.70 bits per heavy atom. The van der Waals surface area contributed by atoms with Gasteiger partial charge in [0.05, 0.1) is 30.5 Å². The summed E-state index contributed by atoms with van der Waals surface area (Å²) < 4.78 is 4.64. The van der Waals surface area contributed by atoms with E-state index in [0.717, 1.165) is 5.56 Å². The molecule has 0 aliphatic rings. The monoisotopic (exact) mass is 311 g/mol. The summed E-state index contributed by atoms with van der Waals surface area (Å²) in [6.45, 7) is 0. The number of esters is 1. The lowest BCUT2D eigenvalue weighted by molar-refractivity contribution is -0.115. The highest BCUT2D eigenvalue weighted by atomic mass is 16.5. The van der Waals surface area contributed by atoms with Gasteiger partial charge in [0.25, 0.3) is 0 Å². The van der Waals surface area contributed by atoms with Crippen molar-refractivity contribution in [1.82, 2.24) is 4.98 Å². The van der Waals surface area contributed by atoms with E-state index >= 15 is 0 Å². The number of carbonyl (C=O) groups excluding carboxylic acids is 2. The van der Waals surface area contributed by atoms with Crippen LogP contribution in [0.3, 0.4) is 0 Å². The Hall–Kier alpha value is -3.38. The van der Waals surface area contributed by atoms with Crippen LogP contribution in [0, 0.1) is 0 Å². The van der Waals surface area contributed by atoms with Crippen molar-refractivity contribution < 1.29 is 14.3 Å². The van der Waals surface area contributed by atoms with Crippen molar-refractivity contribution in [2.75, 3.05) is 12.4 Å². The van der Waals surface area contributed by atoms with Crippen LogP contribution in [0.25, 0.3) is 10.4 Å². The number of nitrogens with one attached hydrogen (secondary N) is 1. The van der Waals surface area contributed by atoms with Gasteiger partial charge in [-0.1, -0.05) is 11.2 Å². The van der Waals surface area contributed by atoms with E-state index in [-0.39, 0.29) is 29.3 Å². The summed E-state index contributed by atoms with van der Waals surface area (Å²) in [5.41, 5.74) is 9.80. The summed E-state index contributed by atoms with van der Waals surface area (Å²) in [7, 11) is 1.22. The lowest BCUT2D eigenvalue weighted by Crippen LogP contribution is -2.15. The smallest absolute Gasteiger partial charge is 0.338 e. The zero-order valence-corrected chi connectivity index (χ0v) is 12.3. The van der Waals surface area contributed by atoms with Gasteiger partial charge < -0.3 is 10.1 Å². The molecule has 1 heterocycles. The van der Waals surface area contributed by atoms with Crippen LogP contribution in [0.15, 0.2) is 47.8 Å². The number of nitrogens with zero attached hydrogens (tertiary/aromatic N) is 4. The first-order valence-corrected chi connectivity index (χ1v) is 6.61. The summed E-state index contributed by atoms with van der Waals surface area (Å²) in [4.78, 5) is 30.4. The Morgan fingerprint density at radius 2 is 2.04 bits per heavy atom. The first-order valence-electron chi connectivity index (χ1n) is 6.61. The van der Waals surface area contributed by atoms with Gasteiger partial charge in [-0.25, -0.2) is 4.79 Å². The predicted molar refractivity (Wildman–Crippen MR) is 83.2 cm³/mol. The van der Waals surface area contributed by atoms with E-state index in [1.807, 2.05) is 0 Å². The standard InChI is InChI=1S/C15H13N5O3/c1-23-15(22)11-3-2-4-12(14(11)19-20-16)18-13(21)9-10-5-7-17-8-6-10/h2-8H,9H2,1H3,(H,18,21). The average molecular weight is 311 g/mol. The number of hydrogen-bond acceptors (Lipinski definition) is 5. The van der Waals surface area contributed by atoms with Crippen molar-refractivity contribution in [3.05, 3.63) is 64.3 Å². The minimum Gasteiger partial charge on any atom is -0.465 e. The second kappa shape index (κ2) is 7.58. The molecule has 1 amide bonds. The van der Waals surface area contributed by atoms with Gasteiger partial charge >= 0.3 is 5.97 Å². The lowest BCUT2D eigenvalue weighted by Gasteiger charge is -2.11. The Bertz CT molecular complexity index is 770. The fourth-order valence-corrected chi connectivity index (χ4v) is 1.95. The maximum atomic E-state index is 12.1. The first kappa shape index (κ1) is 16.0. The fraction of sp³-hybridized carbons (Fsp3) is 0.133. The third-order valence-corrected chi connectivity index (χ3v) is 2.97. The fourth-order valence-electron chi connectivity index (χ4n) is 1.95. The van der Waals surface area contributed by atoms with Crippen molar-refractivity contribution >= 4 is 23.3 Å². The van der Waals surface area contributed by atoms with Crippen LogP contribution >= 0.6 is 0 Å². The van der Waals surface area contributed by atoms with E-state index in [1.54, 1.807) is 36.7 Å². The zero-order valence-electron chi connectivity index (χ0n) is 12.3. The summed E-state index contributed by atoms with van der Waals surface area (Å²) >= 11 is 0. The van der Waals surface area contributed by atoms with Crippen LogP contribution in [0.1, 0.15) is 15.9 Å². The van der Waals surface area contributed by atoms with Crippen molar-refractivity contribution in [3.8, 4) is 0 Å². The molecule has 0 saturated heterocycles. The number of azide groups is 1. The Labute approximate surface area is 131 Å². The lowest BCUT2D eigenvalue weighted by atomic mass is 10.1. The van der Waals surface area contributed by atoms with Crippen LogP contribution in [0.4, 0.5) is 11.4 Å². The molecule has 0 saturated carbocycles. The van der Waals surface area contributed by atoms with Gasteiger partial charge in [-0.05, 0) is 35.4 Å². The molecule has 0 fully saturated rings. The van der Waals surface area contributed by atoms with Crippen LogP contribution in [0.2, 0.25) is 0 Å². The van der Waals surface area contributed by atoms with Gasteiger partial charge in [0.2, 0.25) is 5.91 Å². The molecule has 0 unspecified atom stereocenters. The maximum absolute atomic E-state index is 12.1. The predicted octanol–water partition coefficient (Wildman–Crippen LogP) is 2.99. The average Bonchev–Trinajstić information content (AvgIpc) is 2.56. The summed E-state index contributed by atoms with van der Waals surface area (Å²) in [6, 6.07) is 8.00. The molecular weight excluding hydrogens is 298 g/mol. The van der Waals surface area contributed by atoms with Gasteiger partial charge in [0.15, 0.2) is 0 Å². The number of methoxy groups -OCH3 is 1. The normalized spacial score (nSPS) is 9.61. The summed E-state index contributed by atoms with van der Waals surface area (Å²) in [5, 5.41) is 6.12. The largest absolute Gasteiger partial charge is 0.465 e. The molecule has 23 heavy (non-hydrogen) atoms. The number of anilines is 1. The van der Waals surface area contributed by atoms with E-state index in [9.17, 15) is 9.59 Å². The highest BCUT2D eigenvalue weighted by molar-refractivity contribution is 6.02. The number of amides is 1. The number of benzene rings is 1. The molecule has 0 aliphatic carbocycles. The Morgan fingerprint density at radius 1 is 1.30 bits per heavy atom. The van der Waals surface area contributed by atoms with Crippen molar-refractivity contribution in [2.24, 2.45) is 5.11 Å². The topological polar surface area (TPSA) is 117 Å². The quantitative estimate of drug-likeness (QED) is 0.395. The van der Waals surface area contributed by atoms with Gasteiger partial charge in [-0.15, -0.1) is 0 Å². The molecule has 2 aromatic rings. The Kier molecular flexibility index (Phi) is 5.27. The highest BCUT2D eigenvalue weighted by Crippen LogP contribution is 2.30. The molecule has 0 aliphatic heterocycles. The molecule has 2 rings (SSSR count). The Balaban J connectivity index is 2.27. The molecule has 1 N–H and O–H groups in total. The van der Waals surface area contributed by atoms with Crippen LogP contribution in [-0.4, -0.2) is 24.0 Å². The van der Waals surface area contributed by atoms with E-state index in [1.165, 1.54) is 13.2 Å². The van der Waals surface area contributed by atoms with Crippen LogP contribution in [0.5, 0.6) is 0 Å². The number of hydrogen-bond donors (Lipinski definition) is 1. The molecule has 0 radical (unpaired) electrons. The third-order valence-electron chi connectivity index (χ3n) is 2.97. The molecule has 0 bridgehead atoms. The SMILES string of the molecule is COC(=O)c1cccc(NC(=O)Cc2ccncc2)c1N=[N+]=[N-]. The van der Waals surface area contributed by atoms with E-state index in [4.69, 9.17) is 5.53 Å². The molecule has 8 nitrogen and oxygen atoms in total. The molecule has 116 valence electrons. The number of ether oxygens (including phenoxy) is 1. The third kappa shape index (κ3) is 4.05. The number of rotatable bonds is 5. The first-order chi connectivity index (χ1) is 11.2. The van der Waals surface area contributed by atoms with Gasteiger partial charge in [0.1, 0.15) is 0 Å². The highest BCUT2D eigenvalue weighted by Gasteiger charge is 2.15. The zero-order chi connectivity index (χ0) is 16.7. The van der Waals surface area contributed by atoms with E-state index in [2.05, 4.69) is 25.1 Å². The van der Waals surface area contributed by atoms with Gasteiger partial charge in [-0.2, -0.15) is 0 Å². The minimum atomic E-state index is -0.655. The molecule has 1 aromatic heterocycles. The van der Waals surface area contributed by atoms with Crippen LogP contribution < -0.4 is 5.32 Å².